The number of aromatic nitrogens is 1. The highest BCUT2D eigenvalue weighted by Crippen LogP contribution is 2.41. The monoisotopic (exact) mass is 487 g/mol. The second-order valence-electron chi connectivity index (χ2n) is 9.31. The Hall–Kier alpha value is -4.56. The molecule has 1 aliphatic rings. The first kappa shape index (κ1) is 24.1. The standard InChI is InChI=1S/C32H29N3O2/c1-21(36)32-29(24-9-7-22(19-33)8-10-24)17-26(23-11-13-27(37-2)14-12-23)18-31(32)34-16-15-25-20-35-30-6-4-3-5-28(25)30/h3-14,18,20,29,34-35H,15-17H2,1-2H3. The summed E-state index contributed by atoms with van der Waals surface area (Å²) >= 11 is 0. The van der Waals surface area contributed by atoms with Crippen molar-refractivity contribution in [3.05, 3.63) is 119 Å². The lowest BCUT2D eigenvalue weighted by Gasteiger charge is -2.29. The van der Waals surface area contributed by atoms with Crippen LogP contribution in [0.3, 0.4) is 0 Å². The van der Waals surface area contributed by atoms with Gasteiger partial charge in [0, 0.05) is 40.8 Å². The summed E-state index contributed by atoms with van der Waals surface area (Å²) < 4.78 is 5.34. The fraction of sp³-hybridized carbons (Fsp3) is 0.188. The molecule has 0 amide bonds. The van der Waals surface area contributed by atoms with Crippen LogP contribution in [0.2, 0.25) is 0 Å². The van der Waals surface area contributed by atoms with Gasteiger partial charge in [-0.25, -0.2) is 0 Å². The molecule has 4 aromatic rings. The van der Waals surface area contributed by atoms with Crippen LogP contribution in [0, 0.1) is 11.3 Å². The van der Waals surface area contributed by atoms with Crippen LogP contribution < -0.4 is 10.1 Å². The summed E-state index contributed by atoms with van der Waals surface area (Å²) in [5.41, 5.74) is 7.89. The number of carbonyl (C=O) groups is 1. The zero-order valence-electron chi connectivity index (χ0n) is 21.0. The van der Waals surface area contributed by atoms with Gasteiger partial charge < -0.3 is 15.0 Å². The lowest BCUT2D eigenvalue weighted by atomic mass is 9.77. The van der Waals surface area contributed by atoms with E-state index in [9.17, 15) is 10.1 Å². The van der Waals surface area contributed by atoms with E-state index in [-0.39, 0.29) is 11.7 Å². The topological polar surface area (TPSA) is 77.9 Å². The number of H-pyrrole nitrogens is 1. The predicted molar refractivity (Wildman–Crippen MR) is 147 cm³/mol. The smallest absolute Gasteiger partial charge is 0.158 e. The van der Waals surface area contributed by atoms with Crippen molar-refractivity contribution in [1.29, 1.82) is 5.26 Å². The number of ether oxygens (including phenoxy) is 1. The van der Waals surface area contributed by atoms with E-state index in [0.717, 1.165) is 45.7 Å². The highest BCUT2D eigenvalue weighted by molar-refractivity contribution is 5.98. The van der Waals surface area contributed by atoms with E-state index in [0.29, 0.717) is 18.5 Å². The first-order valence-electron chi connectivity index (χ1n) is 12.5. The molecule has 2 N–H and O–H groups in total. The number of methoxy groups -OCH3 is 1. The van der Waals surface area contributed by atoms with E-state index in [1.807, 2.05) is 42.5 Å². The second-order valence-corrected chi connectivity index (χ2v) is 9.31. The van der Waals surface area contributed by atoms with E-state index >= 15 is 0 Å². The highest BCUT2D eigenvalue weighted by atomic mass is 16.5. The first-order chi connectivity index (χ1) is 18.1. The normalized spacial score (nSPS) is 15.3. The molecule has 0 aliphatic heterocycles. The zero-order chi connectivity index (χ0) is 25.8. The van der Waals surface area contributed by atoms with Crippen LogP contribution in [-0.2, 0) is 11.2 Å². The summed E-state index contributed by atoms with van der Waals surface area (Å²) in [7, 11) is 1.66. The highest BCUT2D eigenvalue weighted by Gasteiger charge is 2.29. The summed E-state index contributed by atoms with van der Waals surface area (Å²) in [5, 5.41) is 14.1. The predicted octanol–water partition coefficient (Wildman–Crippen LogP) is 6.29. The third kappa shape index (κ3) is 5.05. The van der Waals surface area contributed by atoms with Gasteiger partial charge in [0.15, 0.2) is 5.78 Å². The van der Waals surface area contributed by atoms with Crippen molar-refractivity contribution in [2.24, 2.45) is 0 Å². The van der Waals surface area contributed by atoms with E-state index in [4.69, 9.17) is 4.74 Å². The molecule has 1 heterocycles. The lowest BCUT2D eigenvalue weighted by molar-refractivity contribution is -0.114. The van der Waals surface area contributed by atoms with Crippen molar-refractivity contribution in [2.45, 2.75) is 25.7 Å². The van der Waals surface area contributed by atoms with Gasteiger partial charge in [0.2, 0.25) is 0 Å². The number of allylic oxidation sites excluding steroid dienone is 3. The largest absolute Gasteiger partial charge is 0.497 e. The second kappa shape index (κ2) is 10.6. The number of aromatic amines is 1. The van der Waals surface area contributed by atoms with Crippen LogP contribution in [0.5, 0.6) is 5.75 Å². The van der Waals surface area contributed by atoms with Gasteiger partial charge in [-0.1, -0.05) is 42.5 Å². The Morgan fingerprint density at radius 1 is 1.08 bits per heavy atom. The van der Waals surface area contributed by atoms with Gasteiger partial charge in [0.05, 0.1) is 18.7 Å². The number of hydrogen-bond acceptors (Lipinski definition) is 4. The number of ketones is 1. The number of rotatable bonds is 8. The molecular weight excluding hydrogens is 458 g/mol. The van der Waals surface area contributed by atoms with E-state index in [1.165, 1.54) is 10.9 Å². The number of carbonyl (C=O) groups excluding carboxylic acids is 1. The third-order valence-corrected chi connectivity index (χ3v) is 7.05. The molecule has 1 atom stereocenters. The van der Waals surface area contributed by atoms with Gasteiger partial charge in [0.1, 0.15) is 5.75 Å². The van der Waals surface area contributed by atoms with E-state index < -0.39 is 0 Å². The van der Waals surface area contributed by atoms with Crippen molar-refractivity contribution < 1.29 is 9.53 Å². The van der Waals surface area contributed by atoms with Crippen molar-refractivity contribution in [3.63, 3.8) is 0 Å². The fourth-order valence-corrected chi connectivity index (χ4v) is 5.15. The number of benzene rings is 3. The van der Waals surface area contributed by atoms with Crippen LogP contribution in [0.4, 0.5) is 0 Å². The Bertz CT molecular complexity index is 1530. The lowest BCUT2D eigenvalue weighted by Crippen LogP contribution is -2.25. The summed E-state index contributed by atoms with van der Waals surface area (Å²) in [6.45, 7) is 2.33. The summed E-state index contributed by atoms with van der Waals surface area (Å²) in [6, 6.07) is 26.1. The molecule has 0 saturated heterocycles. The first-order valence-corrected chi connectivity index (χ1v) is 12.5. The number of nitrogens with one attached hydrogen (secondary N) is 2. The van der Waals surface area contributed by atoms with Crippen molar-refractivity contribution in [2.75, 3.05) is 13.7 Å². The van der Waals surface area contributed by atoms with Gasteiger partial charge in [-0.05, 0) is 78.4 Å². The minimum atomic E-state index is -0.108. The number of nitrogens with zero attached hydrogens (tertiary/aromatic N) is 1. The fourth-order valence-electron chi connectivity index (χ4n) is 5.15. The number of fused-ring (bicyclic) bond motifs is 1. The maximum atomic E-state index is 13.0. The van der Waals surface area contributed by atoms with Crippen LogP contribution in [-0.4, -0.2) is 24.4 Å². The Morgan fingerprint density at radius 2 is 1.84 bits per heavy atom. The number of Topliss-reactive ketones (excluding diaryl/α,β-unsaturated/α-hetero) is 1. The van der Waals surface area contributed by atoms with Crippen LogP contribution in [0.15, 0.2) is 96.3 Å². The van der Waals surface area contributed by atoms with Gasteiger partial charge in [-0.2, -0.15) is 5.26 Å². The average Bonchev–Trinajstić information content (AvgIpc) is 3.35. The Labute approximate surface area is 217 Å². The van der Waals surface area contributed by atoms with Crippen LogP contribution in [0.1, 0.15) is 41.5 Å². The molecule has 0 spiro atoms. The maximum Gasteiger partial charge on any atom is 0.158 e. The molecule has 0 radical (unpaired) electrons. The number of hydrogen-bond donors (Lipinski definition) is 2. The molecule has 5 rings (SSSR count). The van der Waals surface area contributed by atoms with Crippen molar-refractivity contribution in [1.82, 2.24) is 10.3 Å². The quantitative estimate of drug-likeness (QED) is 0.306. The molecule has 0 saturated carbocycles. The number of para-hydroxylation sites is 1. The van der Waals surface area contributed by atoms with E-state index in [2.05, 4.69) is 59.0 Å². The Morgan fingerprint density at radius 3 is 2.54 bits per heavy atom. The van der Waals surface area contributed by atoms with Crippen LogP contribution in [0.25, 0.3) is 16.5 Å². The average molecular weight is 488 g/mol. The molecule has 5 nitrogen and oxygen atoms in total. The molecule has 5 heteroatoms. The number of nitriles is 1. The minimum absolute atomic E-state index is 0.0500. The molecular formula is C32H29N3O2. The molecule has 0 bridgehead atoms. The summed E-state index contributed by atoms with van der Waals surface area (Å²) in [6.07, 6.45) is 5.70. The molecule has 3 aromatic carbocycles. The van der Waals surface area contributed by atoms with Crippen molar-refractivity contribution >= 4 is 22.3 Å². The molecule has 0 fully saturated rings. The maximum absolute atomic E-state index is 13.0. The van der Waals surface area contributed by atoms with Crippen molar-refractivity contribution in [3.8, 4) is 11.8 Å². The van der Waals surface area contributed by atoms with Gasteiger partial charge in [-0.15, -0.1) is 0 Å². The Balaban J connectivity index is 1.50. The molecule has 1 aliphatic carbocycles. The Kier molecular flexibility index (Phi) is 6.91. The summed E-state index contributed by atoms with van der Waals surface area (Å²) in [5.74, 6) is 0.748. The van der Waals surface area contributed by atoms with Gasteiger partial charge in [0.25, 0.3) is 0 Å². The molecule has 184 valence electrons. The molecule has 1 aromatic heterocycles. The SMILES string of the molecule is COc1ccc(C2=CC(NCCc3c[nH]c4ccccc34)=C(C(C)=O)C(c3ccc(C#N)cc3)C2)cc1. The minimum Gasteiger partial charge on any atom is -0.497 e. The molecule has 1 unspecified atom stereocenters. The van der Waals surface area contributed by atoms with E-state index in [1.54, 1.807) is 14.0 Å². The van der Waals surface area contributed by atoms with Gasteiger partial charge in [-0.3, -0.25) is 4.79 Å². The van der Waals surface area contributed by atoms with Crippen LogP contribution >= 0.6 is 0 Å². The molecule has 37 heavy (non-hydrogen) atoms. The van der Waals surface area contributed by atoms with Gasteiger partial charge >= 0.3 is 0 Å². The third-order valence-electron chi connectivity index (χ3n) is 7.05. The zero-order valence-corrected chi connectivity index (χ0v) is 21.0. The summed E-state index contributed by atoms with van der Waals surface area (Å²) in [4.78, 5) is 16.3.